The molecule has 8 aromatic rings. The summed E-state index contributed by atoms with van der Waals surface area (Å²) in [6.45, 7) is 43.6. The second-order valence-corrected chi connectivity index (χ2v) is 50.2. The third-order valence-corrected chi connectivity index (χ3v) is 24.8. The predicted octanol–water partition coefficient (Wildman–Crippen LogP) is 17.3. The Labute approximate surface area is 474 Å². The van der Waals surface area contributed by atoms with Crippen molar-refractivity contribution in [2.75, 3.05) is 0 Å². The SMILES string of the molecule is CCc1ccc2[cH-]c(C(C)CC)cc2c1-c1cc([Si](C)(C)C)cc([Si](C)(C)C)c1.CCc1ccc2[cH-]c(C(C)CC)cc2c1-c1cc([Si](C)(C)C)cc([Si](C)(C)C)c1.[Cl][Zr][Cl].[c-]1cccc2c1[Si]c1ccccc1-2. The molecule has 1 heterocycles. The minimum atomic E-state index is -1.40. The summed E-state index contributed by atoms with van der Waals surface area (Å²) in [5.41, 5.74) is 14.6. The molecule has 9 rings (SSSR count). The van der Waals surface area contributed by atoms with Crippen LogP contribution >= 0.6 is 17.0 Å². The van der Waals surface area contributed by atoms with Gasteiger partial charge >= 0.3 is 37.9 Å². The third-order valence-electron chi connectivity index (χ3n) is 15.4. The molecule has 1 aliphatic heterocycles. The predicted molar refractivity (Wildman–Crippen MR) is 345 cm³/mol. The van der Waals surface area contributed by atoms with Gasteiger partial charge in [0.2, 0.25) is 0 Å². The third kappa shape index (κ3) is 14.4. The van der Waals surface area contributed by atoms with Gasteiger partial charge in [-0.3, -0.25) is 0 Å². The molecule has 0 bridgehead atoms. The largest absolute Gasteiger partial charge is 0.184 e. The first-order valence-electron chi connectivity index (χ1n) is 27.4. The zero-order valence-corrected chi connectivity index (χ0v) is 57.3. The number of rotatable bonds is 12. The van der Waals surface area contributed by atoms with Crippen LogP contribution in [0.5, 0.6) is 0 Å². The molecule has 2 unspecified atom stereocenters. The first-order valence-corrected chi connectivity index (χ1v) is 48.7. The van der Waals surface area contributed by atoms with Gasteiger partial charge in [0, 0.05) is 0 Å². The van der Waals surface area contributed by atoms with E-state index in [9.17, 15) is 0 Å². The average molecular weight is 1180 g/mol. The first-order chi connectivity index (χ1) is 34.8. The van der Waals surface area contributed by atoms with Crippen LogP contribution in [-0.2, 0) is 33.7 Å². The fourth-order valence-electron chi connectivity index (χ4n) is 10.0. The van der Waals surface area contributed by atoms with Crippen LogP contribution in [0.1, 0.15) is 88.5 Å². The van der Waals surface area contributed by atoms with Crippen LogP contribution < -0.4 is 31.1 Å². The smallest absolute Gasteiger partial charge is 0.0920 e. The molecule has 0 saturated heterocycles. The Morgan fingerprint density at radius 1 is 0.500 bits per heavy atom. The molecule has 8 heteroatoms. The summed E-state index contributed by atoms with van der Waals surface area (Å²) in [6, 6.07) is 52.6. The first kappa shape index (κ1) is 60.3. The van der Waals surface area contributed by atoms with Gasteiger partial charge in [-0.05, 0) is 35.8 Å². The summed E-state index contributed by atoms with van der Waals surface area (Å²) in [5.74, 6) is 1.23. The Morgan fingerprint density at radius 3 is 1.24 bits per heavy atom. The zero-order valence-electron chi connectivity index (χ0n) is 48.4. The standard InChI is InChI=1S/2C27H39Si2.C12H7Si.2ClH.Zr/c2*1-10-19(3)22-14-21-13-12-20(11-2)27(26(21)17-22)23-15-24(28(4,5)6)18-25(16-23)29(7,8)9;1-3-7-11-9(5-1)10-6-2-4-8-12(10)13-11;;;/h2*12-19H,10-11H2,1-9H3;1-7H;2*1H;/q3*-1;;;+2/p-2. The topological polar surface area (TPSA) is 0 Å². The summed E-state index contributed by atoms with van der Waals surface area (Å²) in [4.78, 5) is 0. The second kappa shape index (κ2) is 25.3. The summed E-state index contributed by atoms with van der Waals surface area (Å²) in [6.07, 6.45) is 4.54. The van der Waals surface area contributed by atoms with Gasteiger partial charge in [-0.2, -0.15) is 41.6 Å². The van der Waals surface area contributed by atoms with E-state index >= 15 is 0 Å². The van der Waals surface area contributed by atoms with Crippen molar-refractivity contribution in [3.63, 3.8) is 0 Å². The van der Waals surface area contributed by atoms with Gasteiger partial charge in [-0.1, -0.05) is 247 Å². The molecule has 8 aromatic carbocycles. The van der Waals surface area contributed by atoms with Crippen molar-refractivity contribution in [1.29, 1.82) is 0 Å². The monoisotopic (exact) mass is 1180 g/mol. The van der Waals surface area contributed by atoms with Gasteiger partial charge < -0.3 is 0 Å². The van der Waals surface area contributed by atoms with E-state index in [1.165, 1.54) is 100 Å². The fourth-order valence-corrected chi connectivity index (χ4v) is 16.3. The number of fused-ring (bicyclic) bond motifs is 5. The van der Waals surface area contributed by atoms with Crippen molar-refractivity contribution in [3.05, 3.63) is 156 Å². The van der Waals surface area contributed by atoms with Crippen LogP contribution in [0.25, 0.3) is 54.9 Å². The summed E-state index contributed by atoms with van der Waals surface area (Å²) < 4.78 is 0. The van der Waals surface area contributed by atoms with Gasteiger partial charge in [0.1, 0.15) is 0 Å². The quantitative estimate of drug-likeness (QED) is 0.0845. The van der Waals surface area contributed by atoms with Crippen molar-refractivity contribution >= 4 is 112 Å². The van der Waals surface area contributed by atoms with Gasteiger partial charge in [0.05, 0.1) is 41.8 Å². The van der Waals surface area contributed by atoms with E-state index in [2.05, 4.69) is 248 Å². The van der Waals surface area contributed by atoms with E-state index in [0.29, 0.717) is 11.8 Å². The molecule has 1 aliphatic rings. The fraction of sp³-hybridized carbons (Fsp3) is 0.364. The molecule has 0 N–H and O–H groups in total. The molecule has 2 radical (unpaired) electrons. The molecule has 0 nitrogen and oxygen atoms in total. The maximum Gasteiger partial charge on any atom is 0.0920 e. The van der Waals surface area contributed by atoms with Crippen LogP contribution in [0.15, 0.2) is 127 Å². The Bertz CT molecular complexity index is 2890. The maximum atomic E-state index is 4.93. The average Bonchev–Trinajstić information content (AvgIpc) is 4.10. The van der Waals surface area contributed by atoms with Crippen molar-refractivity contribution in [3.8, 4) is 33.4 Å². The van der Waals surface area contributed by atoms with Crippen molar-refractivity contribution < 1.29 is 20.8 Å². The van der Waals surface area contributed by atoms with Gasteiger partial charge in [-0.25, -0.2) is 0 Å². The van der Waals surface area contributed by atoms with E-state index in [4.69, 9.17) is 17.0 Å². The normalized spacial score (nSPS) is 13.2. The molecule has 390 valence electrons. The van der Waals surface area contributed by atoms with E-state index < -0.39 is 53.1 Å². The molecule has 0 aromatic heterocycles. The van der Waals surface area contributed by atoms with Crippen LogP contribution in [0.4, 0.5) is 0 Å². The van der Waals surface area contributed by atoms with Gasteiger partial charge in [0.25, 0.3) is 0 Å². The Hall–Kier alpha value is -2.91. The summed E-state index contributed by atoms with van der Waals surface area (Å²) in [7, 11) is 5.07. The molecule has 0 saturated carbocycles. The summed E-state index contributed by atoms with van der Waals surface area (Å²) in [5, 5.41) is 14.9. The van der Waals surface area contributed by atoms with Crippen LogP contribution in [0, 0.1) is 6.07 Å². The second-order valence-electron chi connectivity index (χ2n) is 24.9. The van der Waals surface area contributed by atoms with E-state index in [1.807, 2.05) is 6.07 Å². The zero-order chi connectivity index (χ0) is 54.5. The van der Waals surface area contributed by atoms with Crippen LogP contribution in [0.2, 0.25) is 78.6 Å². The number of halogens is 2. The van der Waals surface area contributed by atoms with Crippen LogP contribution in [0.3, 0.4) is 0 Å². The van der Waals surface area contributed by atoms with Crippen molar-refractivity contribution in [2.45, 2.75) is 158 Å². The molecular formula is C66H85Cl2Si5Zr-3. The van der Waals surface area contributed by atoms with Gasteiger partial charge in [0.15, 0.2) is 0 Å². The van der Waals surface area contributed by atoms with E-state index in [1.54, 1.807) is 20.7 Å². The minimum Gasteiger partial charge on any atom is -0.184 e. The molecule has 0 fully saturated rings. The molecule has 0 aliphatic carbocycles. The molecule has 0 spiro atoms. The van der Waals surface area contributed by atoms with E-state index in [-0.39, 0.29) is 0 Å². The van der Waals surface area contributed by atoms with Crippen molar-refractivity contribution in [1.82, 2.24) is 0 Å². The number of hydrogen-bond donors (Lipinski definition) is 0. The number of hydrogen-bond acceptors (Lipinski definition) is 0. The van der Waals surface area contributed by atoms with E-state index in [0.717, 1.165) is 22.4 Å². The van der Waals surface area contributed by atoms with Gasteiger partial charge in [-0.15, -0.1) is 74.6 Å². The molecule has 0 amide bonds. The van der Waals surface area contributed by atoms with Crippen molar-refractivity contribution in [2.24, 2.45) is 0 Å². The Balaban J connectivity index is 0.000000186. The molecular weight excluding hydrogens is 1100 g/mol. The maximum absolute atomic E-state index is 4.93. The molecule has 2 atom stereocenters. The Morgan fingerprint density at radius 2 is 0.878 bits per heavy atom. The van der Waals surface area contributed by atoms with Crippen LogP contribution in [-0.4, -0.2) is 41.8 Å². The number of benzene rings is 6. The minimum absolute atomic E-state index is 0.617. The summed E-state index contributed by atoms with van der Waals surface area (Å²) >= 11 is -0.826. The molecule has 74 heavy (non-hydrogen) atoms. The Kier molecular flexibility index (Phi) is 20.6. The number of aryl methyl sites for hydroxylation is 2.